The fraction of sp³-hybridized carbons (Fsp3) is 0.348. The molecule has 0 saturated carbocycles. The van der Waals surface area contributed by atoms with Gasteiger partial charge in [0.05, 0.1) is 20.3 Å². The smallest absolute Gasteiger partial charge is 0.270 e. The molecular weight excluding hydrogens is 352 g/mol. The van der Waals surface area contributed by atoms with Crippen molar-refractivity contribution in [2.75, 3.05) is 20.8 Å². The first kappa shape index (κ1) is 18.4. The number of fused-ring (bicyclic) bond motifs is 1. The van der Waals surface area contributed by atoms with Gasteiger partial charge in [-0.15, -0.1) is 0 Å². The van der Waals surface area contributed by atoms with Gasteiger partial charge in [0, 0.05) is 29.1 Å². The van der Waals surface area contributed by atoms with Crippen molar-refractivity contribution in [3.63, 3.8) is 0 Å². The second kappa shape index (κ2) is 7.23. The number of carbonyl (C=O) groups is 1. The van der Waals surface area contributed by atoms with Gasteiger partial charge < -0.3 is 19.4 Å². The molecular formula is C23H26N2O3. The molecule has 0 spiro atoms. The summed E-state index contributed by atoms with van der Waals surface area (Å²) in [5.41, 5.74) is 5.05. The molecule has 1 saturated heterocycles. The Morgan fingerprint density at radius 1 is 1.11 bits per heavy atom. The first-order valence-corrected chi connectivity index (χ1v) is 9.64. The van der Waals surface area contributed by atoms with Crippen LogP contribution in [0.2, 0.25) is 0 Å². The van der Waals surface area contributed by atoms with Crippen LogP contribution in [0, 0.1) is 13.8 Å². The highest BCUT2D eigenvalue weighted by Crippen LogP contribution is 2.39. The summed E-state index contributed by atoms with van der Waals surface area (Å²) in [6, 6.07) is 12.0. The highest BCUT2D eigenvalue weighted by atomic mass is 16.5. The van der Waals surface area contributed by atoms with E-state index in [0.29, 0.717) is 5.69 Å². The number of rotatable bonds is 4. The molecule has 2 heterocycles. The minimum Gasteiger partial charge on any atom is -0.497 e. The van der Waals surface area contributed by atoms with E-state index in [9.17, 15) is 4.79 Å². The summed E-state index contributed by atoms with van der Waals surface area (Å²) >= 11 is 0. The van der Waals surface area contributed by atoms with Crippen LogP contribution in [0.3, 0.4) is 0 Å². The van der Waals surface area contributed by atoms with Gasteiger partial charge in [0.1, 0.15) is 17.2 Å². The standard InChI is InChI=1S/C23H26N2O3/c1-14-10-15(2)18-13-20(24-19(18)11-14)23(26)25-9-5-6-21(25)17-8-7-16(27-3)12-22(17)28-4/h7-8,10-13,21,24H,5-6,9H2,1-4H3. The first-order chi connectivity index (χ1) is 13.5. The molecule has 5 heteroatoms. The Morgan fingerprint density at radius 2 is 1.93 bits per heavy atom. The molecule has 0 radical (unpaired) electrons. The van der Waals surface area contributed by atoms with Gasteiger partial charge in [-0.2, -0.15) is 0 Å². The zero-order chi connectivity index (χ0) is 19.8. The fourth-order valence-electron chi connectivity index (χ4n) is 4.30. The minimum atomic E-state index is 0.00241. The van der Waals surface area contributed by atoms with Crippen LogP contribution >= 0.6 is 0 Å². The lowest BCUT2D eigenvalue weighted by Gasteiger charge is -2.26. The summed E-state index contributed by atoms with van der Waals surface area (Å²) in [6.07, 6.45) is 1.90. The van der Waals surface area contributed by atoms with E-state index in [1.165, 1.54) is 11.1 Å². The number of H-pyrrole nitrogens is 1. The van der Waals surface area contributed by atoms with Crippen LogP contribution in [0.25, 0.3) is 10.9 Å². The summed E-state index contributed by atoms with van der Waals surface area (Å²) < 4.78 is 10.9. The van der Waals surface area contributed by atoms with Crippen LogP contribution in [-0.2, 0) is 0 Å². The average molecular weight is 378 g/mol. The van der Waals surface area contributed by atoms with Crippen molar-refractivity contribution in [1.82, 2.24) is 9.88 Å². The summed E-state index contributed by atoms with van der Waals surface area (Å²) in [5, 5.41) is 1.10. The quantitative estimate of drug-likeness (QED) is 0.711. The molecule has 1 fully saturated rings. The number of ether oxygens (including phenoxy) is 2. The van der Waals surface area contributed by atoms with E-state index in [0.717, 1.165) is 47.4 Å². The van der Waals surface area contributed by atoms with Crippen molar-refractivity contribution >= 4 is 16.8 Å². The Morgan fingerprint density at radius 3 is 2.68 bits per heavy atom. The number of nitrogens with zero attached hydrogens (tertiary/aromatic N) is 1. The van der Waals surface area contributed by atoms with Crippen LogP contribution in [0.4, 0.5) is 0 Å². The molecule has 2 aromatic carbocycles. The molecule has 3 aromatic rings. The normalized spacial score (nSPS) is 16.6. The average Bonchev–Trinajstić information content (AvgIpc) is 3.34. The van der Waals surface area contributed by atoms with Gasteiger partial charge >= 0.3 is 0 Å². The van der Waals surface area contributed by atoms with Crippen molar-refractivity contribution in [2.45, 2.75) is 32.7 Å². The topological polar surface area (TPSA) is 54.6 Å². The third kappa shape index (κ3) is 3.11. The predicted molar refractivity (Wildman–Crippen MR) is 110 cm³/mol. The summed E-state index contributed by atoms with van der Waals surface area (Å²) in [4.78, 5) is 18.6. The summed E-state index contributed by atoms with van der Waals surface area (Å²) in [6.45, 7) is 4.89. The van der Waals surface area contributed by atoms with Crippen LogP contribution in [0.15, 0.2) is 36.4 Å². The van der Waals surface area contributed by atoms with Crippen LogP contribution in [-0.4, -0.2) is 36.6 Å². The number of amides is 1. The largest absolute Gasteiger partial charge is 0.497 e. The van der Waals surface area contributed by atoms with Crippen LogP contribution < -0.4 is 9.47 Å². The molecule has 1 unspecified atom stereocenters. The zero-order valence-corrected chi connectivity index (χ0v) is 16.8. The highest BCUT2D eigenvalue weighted by Gasteiger charge is 2.33. The Labute approximate surface area is 165 Å². The number of aromatic nitrogens is 1. The third-order valence-electron chi connectivity index (χ3n) is 5.63. The number of hydrogen-bond acceptors (Lipinski definition) is 3. The van der Waals surface area contributed by atoms with E-state index in [1.54, 1.807) is 14.2 Å². The number of methoxy groups -OCH3 is 2. The van der Waals surface area contributed by atoms with E-state index in [2.05, 4.69) is 31.0 Å². The van der Waals surface area contributed by atoms with Crippen molar-refractivity contribution in [3.8, 4) is 11.5 Å². The maximum absolute atomic E-state index is 13.3. The lowest BCUT2D eigenvalue weighted by Crippen LogP contribution is -2.31. The van der Waals surface area contributed by atoms with E-state index in [-0.39, 0.29) is 11.9 Å². The fourth-order valence-corrected chi connectivity index (χ4v) is 4.30. The second-order valence-electron chi connectivity index (χ2n) is 7.49. The van der Waals surface area contributed by atoms with E-state index < -0.39 is 0 Å². The number of carbonyl (C=O) groups excluding carboxylic acids is 1. The number of aryl methyl sites for hydroxylation is 2. The number of likely N-dealkylation sites (tertiary alicyclic amines) is 1. The van der Waals surface area contributed by atoms with Gasteiger partial charge in [-0.25, -0.2) is 0 Å². The van der Waals surface area contributed by atoms with Gasteiger partial charge in [-0.05, 0) is 62.1 Å². The van der Waals surface area contributed by atoms with Gasteiger partial charge in [-0.3, -0.25) is 4.79 Å². The molecule has 0 bridgehead atoms. The van der Waals surface area contributed by atoms with Crippen molar-refractivity contribution in [2.24, 2.45) is 0 Å². The van der Waals surface area contributed by atoms with Crippen LogP contribution in [0.1, 0.15) is 46.1 Å². The van der Waals surface area contributed by atoms with Gasteiger partial charge in [0.15, 0.2) is 0 Å². The molecule has 1 atom stereocenters. The number of nitrogens with one attached hydrogen (secondary N) is 1. The van der Waals surface area contributed by atoms with Crippen molar-refractivity contribution < 1.29 is 14.3 Å². The predicted octanol–water partition coefficient (Wildman–Crippen LogP) is 4.78. The molecule has 4 rings (SSSR count). The Kier molecular flexibility index (Phi) is 4.75. The summed E-state index contributed by atoms with van der Waals surface area (Å²) in [7, 11) is 3.29. The lowest BCUT2D eigenvalue weighted by atomic mass is 10.0. The lowest BCUT2D eigenvalue weighted by molar-refractivity contribution is 0.0729. The highest BCUT2D eigenvalue weighted by molar-refractivity contribution is 5.99. The number of hydrogen-bond donors (Lipinski definition) is 1. The van der Waals surface area contributed by atoms with Gasteiger partial charge in [-0.1, -0.05) is 6.07 Å². The monoisotopic (exact) mass is 378 g/mol. The minimum absolute atomic E-state index is 0.00241. The molecule has 28 heavy (non-hydrogen) atoms. The molecule has 5 nitrogen and oxygen atoms in total. The summed E-state index contributed by atoms with van der Waals surface area (Å²) in [5.74, 6) is 1.54. The molecule has 1 aliphatic heterocycles. The molecule has 1 aromatic heterocycles. The number of benzene rings is 2. The molecule has 1 aliphatic rings. The zero-order valence-electron chi connectivity index (χ0n) is 16.8. The Bertz CT molecular complexity index is 1040. The molecule has 0 aliphatic carbocycles. The van der Waals surface area contributed by atoms with Crippen LogP contribution in [0.5, 0.6) is 11.5 Å². The van der Waals surface area contributed by atoms with Crippen molar-refractivity contribution in [3.05, 3.63) is 58.8 Å². The van der Waals surface area contributed by atoms with E-state index in [4.69, 9.17) is 9.47 Å². The maximum Gasteiger partial charge on any atom is 0.270 e. The van der Waals surface area contributed by atoms with Gasteiger partial charge in [0.25, 0.3) is 5.91 Å². The van der Waals surface area contributed by atoms with Gasteiger partial charge in [0.2, 0.25) is 0 Å². The molecule has 146 valence electrons. The molecule has 1 N–H and O–H groups in total. The molecule has 1 amide bonds. The second-order valence-corrected chi connectivity index (χ2v) is 7.49. The van der Waals surface area contributed by atoms with E-state index >= 15 is 0 Å². The Balaban J connectivity index is 1.69. The first-order valence-electron chi connectivity index (χ1n) is 9.64. The maximum atomic E-state index is 13.3. The third-order valence-corrected chi connectivity index (χ3v) is 5.63. The van der Waals surface area contributed by atoms with Crippen molar-refractivity contribution in [1.29, 1.82) is 0 Å². The SMILES string of the molecule is COc1ccc(C2CCCN2C(=O)c2cc3c(C)cc(C)cc3[nH]2)c(OC)c1. The number of aromatic amines is 1. The van der Waals surface area contributed by atoms with E-state index in [1.807, 2.05) is 29.2 Å². The Hall–Kier alpha value is -2.95.